The van der Waals surface area contributed by atoms with Crippen LogP contribution in [0.15, 0.2) is 36.4 Å². The van der Waals surface area contributed by atoms with E-state index in [0.29, 0.717) is 5.82 Å². The van der Waals surface area contributed by atoms with Gasteiger partial charge in [0, 0.05) is 38.8 Å². The second-order valence-electron chi connectivity index (χ2n) is 5.45. The number of nitrogens with zero attached hydrogens (tertiary/aromatic N) is 4. The molecule has 3 rings (SSSR count). The Morgan fingerprint density at radius 3 is 2.43 bits per heavy atom. The normalized spacial score (nSPS) is 16.1. The summed E-state index contributed by atoms with van der Waals surface area (Å²) >= 11 is 0. The van der Waals surface area contributed by atoms with Gasteiger partial charge in [-0.3, -0.25) is 4.90 Å². The summed E-state index contributed by atoms with van der Waals surface area (Å²) in [5, 5.41) is 0. The minimum Gasteiger partial charge on any atom is -0.384 e. The number of benzene rings is 1. The maximum atomic E-state index is 5.81. The summed E-state index contributed by atoms with van der Waals surface area (Å²) in [6.45, 7) is 6.92. The van der Waals surface area contributed by atoms with Crippen molar-refractivity contribution in [3.05, 3.63) is 47.8 Å². The molecule has 5 nitrogen and oxygen atoms in total. The van der Waals surface area contributed by atoms with Gasteiger partial charge in [-0.15, -0.1) is 0 Å². The highest BCUT2D eigenvalue weighted by Crippen LogP contribution is 2.17. The van der Waals surface area contributed by atoms with Crippen LogP contribution in [0.25, 0.3) is 0 Å². The van der Waals surface area contributed by atoms with E-state index in [1.165, 1.54) is 5.56 Å². The van der Waals surface area contributed by atoms with Crippen molar-refractivity contribution in [2.24, 2.45) is 0 Å². The van der Waals surface area contributed by atoms with Gasteiger partial charge in [0.25, 0.3) is 0 Å². The molecule has 1 aromatic carbocycles. The topological polar surface area (TPSA) is 58.3 Å². The number of anilines is 2. The minimum absolute atomic E-state index is 0.546. The molecule has 0 bridgehead atoms. The lowest BCUT2D eigenvalue weighted by Crippen LogP contribution is -2.46. The maximum absolute atomic E-state index is 5.81. The molecular weight excluding hydrogens is 262 g/mol. The Morgan fingerprint density at radius 2 is 1.76 bits per heavy atom. The largest absolute Gasteiger partial charge is 0.384 e. The molecule has 0 aliphatic carbocycles. The van der Waals surface area contributed by atoms with Gasteiger partial charge in [0.1, 0.15) is 17.5 Å². The Hall–Kier alpha value is -2.14. The monoisotopic (exact) mass is 283 g/mol. The van der Waals surface area contributed by atoms with Crippen LogP contribution in [0, 0.1) is 6.92 Å². The molecule has 1 aliphatic heterocycles. The van der Waals surface area contributed by atoms with Crippen LogP contribution in [0.1, 0.15) is 11.4 Å². The zero-order valence-electron chi connectivity index (χ0n) is 12.4. The number of hydrogen-bond donors (Lipinski definition) is 1. The van der Waals surface area contributed by atoms with Crippen LogP contribution in [0.5, 0.6) is 0 Å². The molecule has 1 aliphatic rings. The van der Waals surface area contributed by atoms with Crippen molar-refractivity contribution in [1.29, 1.82) is 0 Å². The fourth-order valence-electron chi connectivity index (χ4n) is 2.71. The second-order valence-corrected chi connectivity index (χ2v) is 5.45. The van der Waals surface area contributed by atoms with E-state index in [1.54, 1.807) is 0 Å². The van der Waals surface area contributed by atoms with Crippen molar-refractivity contribution >= 4 is 11.6 Å². The van der Waals surface area contributed by atoms with Gasteiger partial charge in [-0.25, -0.2) is 9.97 Å². The van der Waals surface area contributed by atoms with E-state index in [1.807, 2.05) is 13.0 Å². The van der Waals surface area contributed by atoms with Gasteiger partial charge in [0.05, 0.1) is 0 Å². The number of piperazine rings is 1. The van der Waals surface area contributed by atoms with Crippen LogP contribution >= 0.6 is 0 Å². The van der Waals surface area contributed by atoms with Crippen LogP contribution in [0.2, 0.25) is 0 Å². The minimum atomic E-state index is 0.546. The summed E-state index contributed by atoms with van der Waals surface area (Å²) in [5.74, 6) is 2.22. The fraction of sp³-hybridized carbons (Fsp3) is 0.375. The molecule has 1 fully saturated rings. The molecule has 0 spiro atoms. The van der Waals surface area contributed by atoms with E-state index in [0.717, 1.165) is 44.4 Å². The van der Waals surface area contributed by atoms with Gasteiger partial charge in [-0.05, 0) is 12.5 Å². The second kappa shape index (κ2) is 6.10. The average Bonchev–Trinajstić information content (AvgIpc) is 2.48. The maximum Gasteiger partial charge on any atom is 0.134 e. The van der Waals surface area contributed by atoms with E-state index in [2.05, 4.69) is 50.1 Å². The SMILES string of the molecule is Cc1nc(N)cc(N2CCN(Cc3ccccc3)CC2)n1. The smallest absolute Gasteiger partial charge is 0.134 e. The zero-order chi connectivity index (χ0) is 14.7. The molecule has 0 amide bonds. The molecule has 1 saturated heterocycles. The quantitative estimate of drug-likeness (QED) is 0.929. The lowest BCUT2D eigenvalue weighted by atomic mass is 10.2. The first-order valence-electron chi connectivity index (χ1n) is 7.33. The molecule has 0 radical (unpaired) electrons. The molecule has 2 aromatic rings. The van der Waals surface area contributed by atoms with E-state index in [9.17, 15) is 0 Å². The van der Waals surface area contributed by atoms with Crippen molar-refractivity contribution in [2.75, 3.05) is 36.8 Å². The predicted octanol–water partition coefficient (Wildman–Crippen LogP) is 1.69. The molecular formula is C16H21N5. The van der Waals surface area contributed by atoms with E-state index >= 15 is 0 Å². The highest BCUT2D eigenvalue weighted by Gasteiger charge is 2.18. The van der Waals surface area contributed by atoms with Crippen LogP contribution in [0.3, 0.4) is 0 Å². The molecule has 2 N–H and O–H groups in total. The Labute approximate surface area is 125 Å². The van der Waals surface area contributed by atoms with Crippen molar-refractivity contribution < 1.29 is 0 Å². The zero-order valence-corrected chi connectivity index (χ0v) is 12.4. The highest BCUT2D eigenvalue weighted by atomic mass is 15.3. The Kier molecular flexibility index (Phi) is 4.01. The van der Waals surface area contributed by atoms with E-state index in [-0.39, 0.29) is 0 Å². The van der Waals surface area contributed by atoms with Gasteiger partial charge in [-0.1, -0.05) is 30.3 Å². The number of aromatic nitrogens is 2. The van der Waals surface area contributed by atoms with Crippen LogP contribution in [0.4, 0.5) is 11.6 Å². The molecule has 5 heteroatoms. The fourth-order valence-corrected chi connectivity index (χ4v) is 2.71. The molecule has 0 unspecified atom stereocenters. The van der Waals surface area contributed by atoms with Crippen molar-refractivity contribution in [3.8, 4) is 0 Å². The van der Waals surface area contributed by atoms with Crippen LogP contribution in [-0.2, 0) is 6.54 Å². The Morgan fingerprint density at radius 1 is 1.05 bits per heavy atom. The highest BCUT2D eigenvalue weighted by molar-refractivity contribution is 5.47. The third kappa shape index (κ3) is 3.49. The summed E-state index contributed by atoms with van der Waals surface area (Å²) < 4.78 is 0. The van der Waals surface area contributed by atoms with Gasteiger partial charge < -0.3 is 10.6 Å². The first-order chi connectivity index (χ1) is 10.2. The molecule has 0 saturated carbocycles. The average molecular weight is 283 g/mol. The third-order valence-corrected chi connectivity index (χ3v) is 3.79. The predicted molar refractivity (Wildman–Crippen MR) is 85.1 cm³/mol. The molecule has 0 atom stereocenters. The van der Waals surface area contributed by atoms with Gasteiger partial charge in [-0.2, -0.15) is 0 Å². The summed E-state index contributed by atoms with van der Waals surface area (Å²) in [6, 6.07) is 12.5. The van der Waals surface area contributed by atoms with Gasteiger partial charge in [0.2, 0.25) is 0 Å². The summed E-state index contributed by atoms with van der Waals surface area (Å²) in [5.41, 5.74) is 7.18. The van der Waals surface area contributed by atoms with Crippen LogP contribution < -0.4 is 10.6 Å². The van der Waals surface area contributed by atoms with Gasteiger partial charge in [0.15, 0.2) is 0 Å². The number of hydrogen-bond acceptors (Lipinski definition) is 5. The van der Waals surface area contributed by atoms with Gasteiger partial charge >= 0.3 is 0 Å². The number of rotatable bonds is 3. The summed E-state index contributed by atoms with van der Waals surface area (Å²) in [7, 11) is 0. The van der Waals surface area contributed by atoms with E-state index in [4.69, 9.17) is 5.73 Å². The summed E-state index contributed by atoms with van der Waals surface area (Å²) in [4.78, 5) is 13.4. The van der Waals surface area contributed by atoms with Crippen molar-refractivity contribution in [3.63, 3.8) is 0 Å². The summed E-state index contributed by atoms with van der Waals surface area (Å²) in [6.07, 6.45) is 0. The molecule has 110 valence electrons. The Bertz CT molecular complexity index is 571. The molecule has 21 heavy (non-hydrogen) atoms. The first-order valence-corrected chi connectivity index (χ1v) is 7.33. The number of nitrogens with two attached hydrogens (primary N) is 1. The lowest BCUT2D eigenvalue weighted by molar-refractivity contribution is 0.249. The standard InChI is InChI=1S/C16H21N5/c1-13-18-15(17)11-16(19-13)21-9-7-20(8-10-21)12-14-5-3-2-4-6-14/h2-6,11H,7-10,12H2,1H3,(H2,17,18,19). The Balaban J connectivity index is 1.60. The first kappa shape index (κ1) is 13.8. The van der Waals surface area contributed by atoms with Crippen molar-refractivity contribution in [2.45, 2.75) is 13.5 Å². The lowest BCUT2D eigenvalue weighted by Gasteiger charge is -2.35. The van der Waals surface area contributed by atoms with Crippen LogP contribution in [-0.4, -0.2) is 41.0 Å². The molecule has 1 aromatic heterocycles. The third-order valence-electron chi connectivity index (χ3n) is 3.79. The number of nitrogen functional groups attached to an aromatic ring is 1. The van der Waals surface area contributed by atoms with Crippen molar-refractivity contribution in [1.82, 2.24) is 14.9 Å². The van der Waals surface area contributed by atoms with E-state index < -0.39 is 0 Å². The molecule has 2 heterocycles. The number of aryl methyl sites for hydroxylation is 1.